The highest BCUT2D eigenvalue weighted by atomic mass is 14.9. The van der Waals surface area contributed by atoms with Crippen LogP contribution in [0.15, 0.2) is 103 Å². The van der Waals surface area contributed by atoms with Crippen molar-refractivity contribution >= 4 is 23.1 Å². The van der Waals surface area contributed by atoms with Crippen LogP contribution in [-0.4, -0.2) is 9.97 Å². The van der Waals surface area contributed by atoms with Gasteiger partial charge in [0.25, 0.3) is 0 Å². The Bertz CT molecular complexity index is 1350. The van der Waals surface area contributed by atoms with E-state index in [2.05, 4.69) is 97.9 Å². The van der Waals surface area contributed by atoms with E-state index in [-0.39, 0.29) is 0 Å². The van der Waals surface area contributed by atoms with Crippen LogP contribution in [0.25, 0.3) is 45.7 Å². The van der Waals surface area contributed by atoms with Gasteiger partial charge in [-0.2, -0.15) is 0 Å². The number of hydrogen-bond acceptors (Lipinski definition) is 2. The van der Waals surface area contributed by atoms with E-state index < -0.39 is 0 Å². The Morgan fingerprint density at radius 2 is 1.23 bits per heavy atom. The first kappa shape index (κ1) is 19.0. The van der Waals surface area contributed by atoms with Crippen LogP contribution in [0.4, 0.5) is 0 Å². The third-order valence-corrected chi connectivity index (χ3v) is 5.34. The van der Waals surface area contributed by atoms with Gasteiger partial charge >= 0.3 is 0 Å². The SMILES string of the molecule is Cc1ccc2nc(-c3ccccc3)nc(-c3ccc(/C=C/c4ccccc4)cc3)c2c1. The standard InChI is InChI=1S/C29H22N2/c1-21-12-19-27-26(20-21)28(31-29(30-27)25-10-6-3-7-11-25)24-17-15-23(16-18-24)14-13-22-8-4-2-5-9-22/h2-20H,1H3/b14-13+. The van der Waals surface area contributed by atoms with Crippen molar-refractivity contribution in [3.8, 4) is 22.6 Å². The van der Waals surface area contributed by atoms with Crippen LogP contribution >= 0.6 is 0 Å². The van der Waals surface area contributed by atoms with Gasteiger partial charge in [-0.25, -0.2) is 9.97 Å². The normalized spacial score (nSPS) is 11.3. The summed E-state index contributed by atoms with van der Waals surface area (Å²) in [5.74, 6) is 0.750. The summed E-state index contributed by atoms with van der Waals surface area (Å²) in [5, 5.41) is 1.08. The molecule has 4 aromatic carbocycles. The van der Waals surface area contributed by atoms with Crippen LogP contribution in [0, 0.1) is 6.92 Å². The molecule has 0 aliphatic carbocycles. The van der Waals surface area contributed by atoms with Gasteiger partial charge in [-0.3, -0.25) is 0 Å². The first-order chi connectivity index (χ1) is 15.3. The number of rotatable bonds is 4. The van der Waals surface area contributed by atoms with Crippen molar-refractivity contribution in [2.24, 2.45) is 0 Å². The van der Waals surface area contributed by atoms with Gasteiger partial charge in [0.1, 0.15) is 0 Å². The van der Waals surface area contributed by atoms with Gasteiger partial charge in [0.15, 0.2) is 5.82 Å². The van der Waals surface area contributed by atoms with Crippen molar-refractivity contribution in [3.63, 3.8) is 0 Å². The Balaban J connectivity index is 1.57. The van der Waals surface area contributed by atoms with E-state index in [0.717, 1.165) is 39.1 Å². The first-order valence-electron chi connectivity index (χ1n) is 10.4. The highest BCUT2D eigenvalue weighted by molar-refractivity contribution is 5.94. The van der Waals surface area contributed by atoms with Gasteiger partial charge in [-0.05, 0) is 30.2 Å². The van der Waals surface area contributed by atoms with Crippen molar-refractivity contribution in [3.05, 3.63) is 120 Å². The van der Waals surface area contributed by atoms with Gasteiger partial charge in [-0.15, -0.1) is 0 Å². The topological polar surface area (TPSA) is 25.8 Å². The number of fused-ring (bicyclic) bond motifs is 1. The Kier molecular flexibility index (Phi) is 5.12. The smallest absolute Gasteiger partial charge is 0.160 e. The molecule has 0 aliphatic rings. The third kappa shape index (κ3) is 4.15. The fourth-order valence-corrected chi connectivity index (χ4v) is 3.69. The van der Waals surface area contributed by atoms with Crippen LogP contribution in [0.2, 0.25) is 0 Å². The number of aromatic nitrogens is 2. The predicted octanol–water partition coefficient (Wildman–Crippen LogP) is 7.44. The zero-order chi connectivity index (χ0) is 21.0. The lowest BCUT2D eigenvalue weighted by atomic mass is 10.0. The maximum absolute atomic E-state index is 4.98. The molecule has 0 saturated carbocycles. The summed E-state index contributed by atoms with van der Waals surface area (Å²) in [6.45, 7) is 2.10. The Labute approximate surface area is 182 Å². The van der Waals surface area contributed by atoms with Crippen molar-refractivity contribution in [2.45, 2.75) is 6.92 Å². The van der Waals surface area contributed by atoms with Crippen LogP contribution in [0.1, 0.15) is 16.7 Å². The maximum Gasteiger partial charge on any atom is 0.160 e. The van der Waals surface area contributed by atoms with E-state index in [1.807, 2.05) is 24.3 Å². The molecule has 0 amide bonds. The van der Waals surface area contributed by atoms with Gasteiger partial charge in [0, 0.05) is 16.5 Å². The molecule has 148 valence electrons. The zero-order valence-corrected chi connectivity index (χ0v) is 17.4. The van der Waals surface area contributed by atoms with Crippen molar-refractivity contribution < 1.29 is 0 Å². The molecule has 0 unspecified atom stereocenters. The molecule has 2 heteroatoms. The van der Waals surface area contributed by atoms with Crippen LogP contribution in [-0.2, 0) is 0 Å². The van der Waals surface area contributed by atoms with E-state index in [0.29, 0.717) is 0 Å². The highest BCUT2D eigenvalue weighted by Crippen LogP contribution is 2.30. The molecule has 0 radical (unpaired) electrons. The largest absolute Gasteiger partial charge is 0.228 e. The lowest BCUT2D eigenvalue weighted by Gasteiger charge is -2.10. The van der Waals surface area contributed by atoms with Gasteiger partial charge in [0.2, 0.25) is 0 Å². The summed E-state index contributed by atoms with van der Waals surface area (Å²) in [6, 6.07) is 35.4. The fraction of sp³-hybridized carbons (Fsp3) is 0.0345. The molecular formula is C29H22N2. The minimum atomic E-state index is 0.750. The maximum atomic E-state index is 4.98. The molecule has 0 fully saturated rings. The molecule has 5 rings (SSSR count). The van der Waals surface area contributed by atoms with Crippen molar-refractivity contribution in [1.29, 1.82) is 0 Å². The molecule has 31 heavy (non-hydrogen) atoms. The summed E-state index contributed by atoms with van der Waals surface area (Å²) < 4.78 is 0. The summed E-state index contributed by atoms with van der Waals surface area (Å²) >= 11 is 0. The molecule has 0 aliphatic heterocycles. The second-order valence-electron chi connectivity index (χ2n) is 7.65. The molecule has 5 aromatic rings. The van der Waals surface area contributed by atoms with Crippen molar-refractivity contribution in [2.75, 3.05) is 0 Å². The molecule has 1 aromatic heterocycles. The van der Waals surface area contributed by atoms with E-state index in [1.54, 1.807) is 0 Å². The summed E-state index contributed by atoms with van der Waals surface area (Å²) in [6.07, 6.45) is 4.27. The minimum Gasteiger partial charge on any atom is -0.228 e. The average Bonchev–Trinajstić information content (AvgIpc) is 2.84. The first-order valence-corrected chi connectivity index (χ1v) is 10.4. The molecular weight excluding hydrogens is 376 g/mol. The lowest BCUT2D eigenvalue weighted by molar-refractivity contribution is 1.23. The minimum absolute atomic E-state index is 0.750. The summed E-state index contributed by atoms with van der Waals surface area (Å²) in [5.41, 5.74) is 7.59. The van der Waals surface area contributed by atoms with E-state index in [4.69, 9.17) is 9.97 Å². The number of hydrogen-bond donors (Lipinski definition) is 0. The highest BCUT2D eigenvalue weighted by Gasteiger charge is 2.11. The van der Waals surface area contributed by atoms with Crippen LogP contribution < -0.4 is 0 Å². The number of nitrogens with zero attached hydrogens (tertiary/aromatic N) is 2. The lowest BCUT2D eigenvalue weighted by Crippen LogP contribution is -1.95. The monoisotopic (exact) mass is 398 g/mol. The average molecular weight is 399 g/mol. The third-order valence-electron chi connectivity index (χ3n) is 5.34. The number of benzene rings is 4. The van der Waals surface area contributed by atoms with Crippen LogP contribution in [0.3, 0.4) is 0 Å². The Morgan fingerprint density at radius 3 is 1.94 bits per heavy atom. The van der Waals surface area contributed by atoms with Gasteiger partial charge in [0.05, 0.1) is 11.2 Å². The molecule has 2 nitrogen and oxygen atoms in total. The van der Waals surface area contributed by atoms with E-state index in [9.17, 15) is 0 Å². The summed E-state index contributed by atoms with van der Waals surface area (Å²) in [4.78, 5) is 9.81. The molecule has 0 bridgehead atoms. The predicted molar refractivity (Wildman–Crippen MR) is 131 cm³/mol. The Hall–Kier alpha value is -4.04. The van der Waals surface area contributed by atoms with Crippen molar-refractivity contribution in [1.82, 2.24) is 9.97 Å². The fourth-order valence-electron chi connectivity index (χ4n) is 3.69. The molecule has 0 atom stereocenters. The molecule has 1 heterocycles. The second-order valence-corrected chi connectivity index (χ2v) is 7.65. The molecule has 0 spiro atoms. The van der Waals surface area contributed by atoms with E-state index >= 15 is 0 Å². The number of aryl methyl sites for hydroxylation is 1. The van der Waals surface area contributed by atoms with E-state index in [1.165, 1.54) is 11.1 Å². The van der Waals surface area contributed by atoms with Gasteiger partial charge in [-0.1, -0.05) is 109 Å². The Morgan fingerprint density at radius 1 is 0.581 bits per heavy atom. The molecule has 0 N–H and O–H groups in total. The van der Waals surface area contributed by atoms with Crippen LogP contribution in [0.5, 0.6) is 0 Å². The second kappa shape index (κ2) is 8.37. The quantitative estimate of drug-likeness (QED) is 0.294. The van der Waals surface area contributed by atoms with Gasteiger partial charge < -0.3 is 0 Å². The zero-order valence-electron chi connectivity index (χ0n) is 17.4. The molecule has 0 saturated heterocycles. The summed E-state index contributed by atoms with van der Waals surface area (Å²) in [7, 11) is 0.